The summed E-state index contributed by atoms with van der Waals surface area (Å²) in [6.45, 7) is 7.46. The lowest BCUT2D eigenvalue weighted by molar-refractivity contribution is -0.935. The fraction of sp³-hybridized carbons (Fsp3) is 1.00. The van der Waals surface area contributed by atoms with Crippen molar-refractivity contribution in [1.82, 2.24) is 0 Å². The molecule has 2 atom stereocenters. The SMILES string of the molecule is CCC(C)CC(O)[N+](C)(C)CC. The Balaban J connectivity index is 3.93. The van der Waals surface area contributed by atoms with Gasteiger partial charge in [0.05, 0.1) is 20.6 Å². The average molecular weight is 174 g/mol. The predicted octanol–water partition coefficient (Wildman–Crippen LogP) is 1.84. The number of hydrogen-bond donors (Lipinski definition) is 1. The van der Waals surface area contributed by atoms with Gasteiger partial charge in [-0.1, -0.05) is 20.3 Å². The molecule has 0 spiro atoms. The molecule has 2 heteroatoms. The second kappa shape index (κ2) is 4.83. The third kappa shape index (κ3) is 3.55. The summed E-state index contributed by atoms with van der Waals surface area (Å²) >= 11 is 0. The first-order valence-electron chi connectivity index (χ1n) is 4.94. The molecule has 0 amide bonds. The number of rotatable bonds is 5. The topological polar surface area (TPSA) is 20.2 Å². The van der Waals surface area contributed by atoms with Gasteiger partial charge in [0.2, 0.25) is 0 Å². The van der Waals surface area contributed by atoms with E-state index in [1.807, 2.05) is 0 Å². The summed E-state index contributed by atoms with van der Waals surface area (Å²) in [6, 6.07) is 0. The largest absolute Gasteiger partial charge is 0.345 e. The minimum absolute atomic E-state index is 0.204. The molecule has 74 valence electrons. The van der Waals surface area contributed by atoms with E-state index in [0.29, 0.717) is 10.4 Å². The quantitative estimate of drug-likeness (QED) is 0.498. The third-order valence-corrected chi connectivity index (χ3v) is 2.93. The zero-order chi connectivity index (χ0) is 9.78. The number of nitrogens with zero attached hydrogens (tertiary/aromatic N) is 1. The van der Waals surface area contributed by atoms with Crippen LogP contribution >= 0.6 is 0 Å². The predicted molar refractivity (Wildman–Crippen MR) is 52.7 cm³/mol. The van der Waals surface area contributed by atoms with Crippen LogP contribution in [0.25, 0.3) is 0 Å². The van der Waals surface area contributed by atoms with E-state index < -0.39 is 0 Å². The molecular weight excluding hydrogens is 150 g/mol. The van der Waals surface area contributed by atoms with Crippen LogP contribution in [-0.2, 0) is 0 Å². The fourth-order valence-electron chi connectivity index (χ4n) is 1.02. The van der Waals surface area contributed by atoms with Gasteiger partial charge >= 0.3 is 0 Å². The van der Waals surface area contributed by atoms with Crippen molar-refractivity contribution in [3.8, 4) is 0 Å². The molecule has 0 aliphatic rings. The third-order valence-electron chi connectivity index (χ3n) is 2.93. The maximum Gasteiger partial charge on any atom is 0.190 e. The van der Waals surface area contributed by atoms with Crippen LogP contribution in [0, 0.1) is 5.92 Å². The smallest absolute Gasteiger partial charge is 0.190 e. The first kappa shape index (κ1) is 11.9. The molecule has 0 heterocycles. The summed E-state index contributed by atoms with van der Waals surface area (Å²) in [5.74, 6) is 0.629. The summed E-state index contributed by atoms with van der Waals surface area (Å²) in [4.78, 5) is 0. The van der Waals surface area contributed by atoms with E-state index >= 15 is 0 Å². The minimum atomic E-state index is -0.204. The van der Waals surface area contributed by atoms with E-state index in [1.54, 1.807) is 0 Å². The molecule has 0 rings (SSSR count). The molecule has 0 saturated carbocycles. The Bertz CT molecular complexity index is 123. The van der Waals surface area contributed by atoms with Gasteiger partial charge in [0.1, 0.15) is 0 Å². The molecule has 0 aromatic heterocycles. The molecule has 2 nitrogen and oxygen atoms in total. The van der Waals surface area contributed by atoms with Crippen molar-refractivity contribution >= 4 is 0 Å². The van der Waals surface area contributed by atoms with E-state index in [2.05, 4.69) is 34.9 Å². The normalized spacial score (nSPS) is 17.5. The highest BCUT2D eigenvalue weighted by Gasteiger charge is 2.24. The first-order chi connectivity index (χ1) is 5.44. The van der Waals surface area contributed by atoms with Crippen molar-refractivity contribution < 1.29 is 9.59 Å². The zero-order valence-corrected chi connectivity index (χ0v) is 9.17. The van der Waals surface area contributed by atoms with Gasteiger partial charge < -0.3 is 9.59 Å². The van der Waals surface area contributed by atoms with Gasteiger partial charge in [0.15, 0.2) is 6.23 Å². The van der Waals surface area contributed by atoms with E-state index in [0.717, 1.165) is 19.4 Å². The van der Waals surface area contributed by atoms with Gasteiger partial charge in [-0.2, -0.15) is 0 Å². The number of quaternary nitrogens is 1. The highest BCUT2D eigenvalue weighted by atomic mass is 16.3. The Morgan fingerprint density at radius 1 is 1.25 bits per heavy atom. The molecule has 0 radical (unpaired) electrons. The lowest BCUT2D eigenvalue weighted by Crippen LogP contribution is -2.49. The average Bonchev–Trinajstić information content (AvgIpc) is 2.04. The molecule has 0 bridgehead atoms. The van der Waals surface area contributed by atoms with E-state index in [9.17, 15) is 5.11 Å². The molecule has 12 heavy (non-hydrogen) atoms. The van der Waals surface area contributed by atoms with Crippen molar-refractivity contribution in [3.63, 3.8) is 0 Å². The van der Waals surface area contributed by atoms with Crippen molar-refractivity contribution in [1.29, 1.82) is 0 Å². The second-order valence-electron chi connectivity index (χ2n) is 4.32. The van der Waals surface area contributed by atoms with E-state index in [1.165, 1.54) is 0 Å². The van der Waals surface area contributed by atoms with Crippen LogP contribution in [0.5, 0.6) is 0 Å². The Morgan fingerprint density at radius 2 is 1.75 bits per heavy atom. The molecule has 0 aliphatic heterocycles. The number of aliphatic hydroxyl groups is 1. The van der Waals surface area contributed by atoms with Crippen LogP contribution in [0.2, 0.25) is 0 Å². The van der Waals surface area contributed by atoms with Crippen molar-refractivity contribution in [3.05, 3.63) is 0 Å². The van der Waals surface area contributed by atoms with Crippen LogP contribution < -0.4 is 0 Å². The molecule has 0 fully saturated rings. The summed E-state index contributed by atoms with van der Waals surface area (Å²) in [5.41, 5.74) is 0. The van der Waals surface area contributed by atoms with Crippen LogP contribution in [0.1, 0.15) is 33.6 Å². The van der Waals surface area contributed by atoms with Crippen LogP contribution in [0.15, 0.2) is 0 Å². The molecular formula is C10H24NO+. The van der Waals surface area contributed by atoms with Gasteiger partial charge in [-0.15, -0.1) is 0 Å². The van der Waals surface area contributed by atoms with Gasteiger partial charge in [-0.3, -0.25) is 0 Å². The molecule has 0 aromatic rings. The maximum atomic E-state index is 9.85. The lowest BCUT2D eigenvalue weighted by Gasteiger charge is -2.34. The fourth-order valence-corrected chi connectivity index (χ4v) is 1.02. The van der Waals surface area contributed by atoms with Crippen molar-refractivity contribution in [2.75, 3.05) is 20.6 Å². The highest BCUT2D eigenvalue weighted by molar-refractivity contribution is 4.52. The maximum absolute atomic E-state index is 9.85. The van der Waals surface area contributed by atoms with Crippen LogP contribution in [0.4, 0.5) is 0 Å². The van der Waals surface area contributed by atoms with E-state index in [4.69, 9.17) is 0 Å². The second-order valence-corrected chi connectivity index (χ2v) is 4.32. The Morgan fingerprint density at radius 3 is 2.08 bits per heavy atom. The Hall–Kier alpha value is -0.0800. The Labute approximate surface area is 76.8 Å². The summed E-state index contributed by atoms with van der Waals surface area (Å²) in [6.07, 6.45) is 1.86. The summed E-state index contributed by atoms with van der Waals surface area (Å²) in [5, 5.41) is 9.85. The van der Waals surface area contributed by atoms with Gasteiger partial charge in [-0.25, -0.2) is 0 Å². The number of aliphatic hydroxyl groups excluding tert-OH is 1. The molecule has 1 N–H and O–H groups in total. The zero-order valence-electron chi connectivity index (χ0n) is 9.17. The van der Waals surface area contributed by atoms with Crippen LogP contribution in [-0.4, -0.2) is 36.5 Å². The highest BCUT2D eigenvalue weighted by Crippen LogP contribution is 2.15. The standard InChI is InChI=1S/C10H24NO/c1-6-9(3)8-10(12)11(4,5)7-2/h9-10,12H,6-8H2,1-5H3/q+1. The summed E-state index contributed by atoms with van der Waals surface area (Å²) in [7, 11) is 4.15. The Kier molecular flexibility index (Phi) is 4.80. The van der Waals surface area contributed by atoms with Crippen LogP contribution in [0.3, 0.4) is 0 Å². The molecule has 2 unspecified atom stereocenters. The van der Waals surface area contributed by atoms with Gasteiger partial charge in [-0.05, 0) is 12.8 Å². The number of hydrogen-bond acceptors (Lipinski definition) is 1. The van der Waals surface area contributed by atoms with Crippen molar-refractivity contribution in [2.24, 2.45) is 5.92 Å². The van der Waals surface area contributed by atoms with Gasteiger partial charge in [0.25, 0.3) is 0 Å². The molecule has 0 aromatic carbocycles. The van der Waals surface area contributed by atoms with E-state index in [-0.39, 0.29) is 6.23 Å². The van der Waals surface area contributed by atoms with Crippen molar-refractivity contribution in [2.45, 2.75) is 39.8 Å². The molecule has 0 saturated heterocycles. The lowest BCUT2D eigenvalue weighted by atomic mass is 10.0. The monoisotopic (exact) mass is 174 g/mol. The van der Waals surface area contributed by atoms with Gasteiger partial charge in [0, 0.05) is 6.42 Å². The molecule has 0 aliphatic carbocycles. The minimum Gasteiger partial charge on any atom is -0.345 e. The summed E-state index contributed by atoms with van der Waals surface area (Å²) < 4.78 is 0.713. The first-order valence-corrected chi connectivity index (χ1v) is 4.94.